The molecule has 8 heteroatoms. The van der Waals surface area contributed by atoms with Crippen LogP contribution in [0.1, 0.15) is 20.8 Å². The van der Waals surface area contributed by atoms with Gasteiger partial charge in [-0.25, -0.2) is 12.8 Å². The largest absolute Gasteiger partial charge is 0.326 e. The predicted molar refractivity (Wildman–Crippen MR) is 71.8 cm³/mol. The molecular weight excluding hydrogens is 287 g/mol. The molecule has 2 N–H and O–H groups in total. The summed E-state index contributed by atoms with van der Waals surface area (Å²) < 4.78 is 37.4. The lowest BCUT2D eigenvalue weighted by atomic mass is 10.2. The van der Waals surface area contributed by atoms with E-state index in [0.29, 0.717) is 0 Å². The van der Waals surface area contributed by atoms with Crippen molar-refractivity contribution in [2.75, 3.05) is 11.9 Å². The van der Waals surface area contributed by atoms with E-state index in [1.54, 1.807) is 0 Å². The first-order valence-corrected chi connectivity index (χ1v) is 7.41. The van der Waals surface area contributed by atoms with Crippen molar-refractivity contribution in [2.24, 2.45) is 5.92 Å². The third kappa shape index (κ3) is 4.87. The van der Waals surface area contributed by atoms with Crippen LogP contribution in [0.5, 0.6) is 0 Å². The second-order valence-corrected chi connectivity index (χ2v) is 6.23. The average molecular weight is 304 g/mol. The summed E-state index contributed by atoms with van der Waals surface area (Å²) in [6.45, 7) is 5.13. The molecule has 112 valence electrons. The molecule has 1 aromatic carbocycles. The number of hydrogen-bond donors (Lipinski definition) is 2. The molecule has 20 heavy (non-hydrogen) atoms. The Kier molecular flexibility index (Phi) is 5.61. The molecule has 0 aliphatic carbocycles. The fourth-order valence-corrected chi connectivity index (χ4v) is 2.20. The first-order valence-electron chi connectivity index (χ1n) is 5.93. The molecular formula is C12H17FN2O4S. The SMILES string of the molecule is CC(=O)Nc1ccc(S(=O)(=O)NOCC(C)C)c(F)c1. The van der Waals surface area contributed by atoms with E-state index in [1.165, 1.54) is 13.0 Å². The number of carbonyl (C=O) groups is 1. The average Bonchev–Trinajstić information content (AvgIpc) is 2.26. The Bertz CT molecular complexity index is 587. The summed E-state index contributed by atoms with van der Waals surface area (Å²) in [7, 11) is -4.09. The highest BCUT2D eigenvalue weighted by Gasteiger charge is 2.20. The van der Waals surface area contributed by atoms with Gasteiger partial charge in [-0.05, 0) is 24.1 Å². The maximum atomic E-state index is 13.8. The highest BCUT2D eigenvalue weighted by molar-refractivity contribution is 7.89. The number of carbonyl (C=O) groups excluding carboxylic acids is 1. The van der Waals surface area contributed by atoms with Crippen molar-refractivity contribution in [1.29, 1.82) is 0 Å². The lowest BCUT2D eigenvalue weighted by Gasteiger charge is -2.10. The van der Waals surface area contributed by atoms with E-state index in [-0.39, 0.29) is 24.1 Å². The summed E-state index contributed by atoms with van der Waals surface area (Å²) >= 11 is 0. The molecule has 0 heterocycles. The van der Waals surface area contributed by atoms with Gasteiger partial charge in [0, 0.05) is 12.6 Å². The van der Waals surface area contributed by atoms with E-state index in [1.807, 2.05) is 18.7 Å². The smallest absolute Gasteiger partial charge is 0.265 e. The summed E-state index contributed by atoms with van der Waals surface area (Å²) in [4.78, 5) is 16.9. The van der Waals surface area contributed by atoms with Crippen LogP contribution in [0.3, 0.4) is 0 Å². The Labute approximate surface area is 117 Å². The van der Waals surface area contributed by atoms with Crippen molar-refractivity contribution >= 4 is 21.6 Å². The van der Waals surface area contributed by atoms with Gasteiger partial charge in [0.2, 0.25) is 5.91 Å². The van der Waals surface area contributed by atoms with E-state index in [2.05, 4.69) is 5.32 Å². The van der Waals surface area contributed by atoms with Crippen LogP contribution < -0.4 is 10.2 Å². The van der Waals surface area contributed by atoms with Gasteiger partial charge >= 0.3 is 0 Å². The maximum absolute atomic E-state index is 13.8. The standard InChI is InChI=1S/C12H17FN2O4S/c1-8(2)7-19-15-20(17,18)12-5-4-10(6-11(12)13)14-9(3)16/h4-6,8,15H,7H2,1-3H3,(H,14,16). The Balaban J connectivity index is 2.87. The molecule has 0 radical (unpaired) electrons. The third-order valence-corrected chi connectivity index (χ3v) is 3.37. The molecule has 0 bridgehead atoms. The minimum Gasteiger partial charge on any atom is -0.326 e. The molecule has 0 spiro atoms. The molecule has 0 aliphatic rings. The van der Waals surface area contributed by atoms with Crippen LogP contribution in [0.15, 0.2) is 23.1 Å². The number of benzene rings is 1. The van der Waals surface area contributed by atoms with E-state index in [9.17, 15) is 17.6 Å². The van der Waals surface area contributed by atoms with Crippen molar-refractivity contribution < 1.29 is 22.4 Å². The van der Waals surface area contributed by atoms with Crippen LogP contribution in [0.25, 0.3) is 0 Å². The van der Waals surface area contributed by atoms with Crippen LogP contribution in [0.2, 0.25) is 0 Å². The van der Waals surface area contributed by atoms with Crippen LogP contribution in [-0.2, 0) is 19.7 Å². The molecule has 0 aliphatic heterocycles. The molecule has 1 rings (SSSR count). The third-order valence-electron chi connectivity index (χ3n) is 2.13. The minimum absolute atomic E-state index is 0.129. The zero-order chi connectivity index (χ0) is 15.3. The van der Waals surface area contributed by atoms with Gasteiger partial charge in [-0.3, -0.25) is 9.63 Å². The predicted octanol–water partition coefficient (Wildman–Crippen LogP) is 1.65. The second-order valence-electron chi connectivity index (χ2n) is 4.62. The van der Waals surface area contributed by atoms with E-state index in [4.69, 9.17) is 4.84 Å². The van der Waals surface area contributed by atoms with Crippen LogP contribution in [-0.4, -0.2) is 20.9 Å². The summed E-state index contributed by atoms with van der Waals surface area (Å²) in [5, 5.41) is 2.36. The van der Waals surface area contributed by atoms with Gasteiger partial charge in [0.1, 0.15) is 10.7 Å². The topological polar surface area (TPSA) is 84.5 Å². The molecule has 0 aromatic heterocycles. The fourth-order valence-electron chi connectivity index (χ4n) is 1.32. The molecule has 0 atom stereocenters. The van der Waals surface area contributed by atoms with Gasteiger partial charge in [-0.2, -0.15) is 0 Å². The highest BCUT2D eigenvalue weighted by atomic mass is 32.2. The summed E-state index contributed by atoms with van der Waals surface area (Å²) in [5.41, 5.74) is 0.178. The number of anilines is 1. The molecule has 0 fully saturated rings. The van der Waals surface area contributed by atoms with Crippen molar-refractivity contribution in [1.82, 2.24) is 4.89 Å². The molecule has 1 amide bonds. The Morgan fingerprint density at radius 2 is 2.05 bits per heavy atom. The van der Waals surface area contributed by atoms with Gasteiger partial charge in [0.15, 0.2) is 0 Å². The number of halogens is 1. The summed E-state index contributed by atoms with van der Waals surface area (Å²) in [6, 6.07) is 3.28. The van der Waals surface area contributed by atoms with Gasteiger partial charge < -0.3 is 5.32 Å². The molecule has 0 unspecified atom stereocenters. The monoisotopic (exact) mass is 304 g/mol. The second kappa shape index (κ2) is 6.78. The van der Waals surface area contributed by atoms with Gasteiger partial charge in [0.25, 0.3) is 10.0 Å². The minimum atomic E-state index is -4.09. The lowest BCUT2D eigenvalue weighted by molar-refractivity contribution is -0.114. The van der Waals surface area contributed by atoms with Gasteiger partial charge in [0.05, 0.1) is 6.61 Å². The molecule has 0 saturated carbocycles. The number of hydrogen-bond acceptors (Lipinski definition) is 4. The Morgan fingerprint density at radius 1 is 1.40 bits per heavy atom. The fraction of sp³-hybridized carbons (Fsp3) is 0.417. The van der Waals surface area contributed by atoms with E-state index in [0.717, 1.165) is 12.1 Å². The normalized spacial score (nSPS) is 11.7. The quantitative estimate of drug-likeness (QED) is 0.783. The van der Waals surface area contributed by atoms with Gasteiger partial charge in [-0.1, -0.05) is 18.7 Å². The first kappa shape index (κ1) is 16.5. The number of nitrogens with one attached hydrogen (secondary N) is 2. The maximum Gasteiger partial charge on any atom is 0.265 e. The molecule has 6 nitrogen and oxygen atoms in total. The summed E-state index contributed by atoms with van der Waals surface area (Å²) in [6.07, 6.45) is 0. The Morgan fingerprint density at radius 3 is 2.55 bits per heavy atom. The number of amides is 1. The van der Waals surface area contributed by atoms with Crippen LogP contribution in [0.4, 0.5) is 10.1 Å². The van der Waals surface area contributed by atoms with Crippen LogP contribution >= 0.6 is 0 Å². The van der Waals surface area contributed by atoms with Gasteiger partial charge in [-0.15, -0.1) is 0 Å². The van der Waals surface area contributed by atoms with Crippen LogP contribution in [0, 0.1) is 11.7 Å². The molecule has 1 aromatic rings. The van der Waals surface area contributed by atoms with Crippen molar-refractivity contribution in [3.63, 3.8) is 0 Å². The van der Waals surface area contributed by atoms with E-state index >= 15 is 0 Å². The number of rotatable bonds is 6. The number of sulfonamides is 1. The highest BCUT2D eigenvalue weighted by Crippen LogP contribution is 2.19. The van der Waals surface area contributed by atoms with E-state index < -0.39 is 20.7 Å². The van der Waals surface area contributed by atoms with Crippen molar-refractivity contribution in [2.45, 2.75) is 25.7 Å². The first-order chi connectivity index (χ1) is 9.22. The van der Waals surface area contributed by atoms with Crippen molar-refractivity contribution in [3.8, 4) is 0 Å². The Hall–Kier alpha value is -1.51. The molecule has 0 saturated heterocycles. The summed E-state index contributed by atoms with van der Waals surface area (Å²) in [5.74, 6) is -1.22. The van der Waals surface area contributed by atoms with Crippen molar-refractivity contribution in [3.05, 3.63) is 24.0 Å². The zero-order valence-corrected chi connectivity index (χ0v) is 12.3. The zero-order valence-electron chi connectivity index (χ0n) is 11.4. The lowest BCUT2D eigenvalue weighted by Crippen LogP contribution is -2.26.